The molecule has 0 spiro atoms. The molecule has 0 fully saturated rings. The minimum absolute atomic E-state index is 0.0521. The highest BCUT2D eigenvalue weighted by molar-refractivity contribution is 6.30. The Labute approximate surface area is 120 Å². The number of aliphatic hydroxyl groups excluding tert-OH is 1. The molecule has 108 valence electrons. The third-order valence-corrected chi connectivity index (χ3v) is 3.57. The summed E-state index contributed by atoms with van der Waals surface area (Å²) in [5.41, 5.74) is 0.865. The summed E-state index contributed by atoms with van der Waals surface area (Å²) in [6.45, 7) is 6.88. The molecule has 0 radical (unpaired) electrons. The Hall–Kier alpha value is -0.610. The van der Waals surface area contributed by atoms with E-state index in [2.05, 4.69) is 19.2 Å². The number of benzene rings is 1. The van der Waals surface area contributed by atoms with E-state index in [1.165, 1.54) is 0 Å². The Balaban J connectivity index is 2.65. The minimum Gasteiger partial charge on any atom is -0.387 e. The molecule has 0 aliphatic rings. The van der Waals surface area contributed by atoms with Crippen molar-refractivity contribution in [2.45, 2.75) is 39.0 Å². The van der Waals surface area contributed by atoms with Crippen molar-refractivity contribution in [3.05, 3.63) is 34.9 Å². The number of halogens is 1. The zero-order chi connectivity index (χ0) is 14.4. The summed E-state index contributed by atoms with van der Waals surface area (Å²) in [4.78, 5) is 0. The second-order valence-electron chi connectivity index (χ2n) is 5.26. The van der Waals surface area contributed by atoms with E-state index < -0.39 is 6.10 Å². The highest BCUT2D eigenvalue weighted by atomic mass is 35.5. The van der Waals surface area contributed by atoms with Gasteiger partial charge >= 0.3 is 0 Å². The maximum absolute atomic E-state index is 10.3. The van der Waals surface area contributed by atoms with Crippen molar-refractivity contribution in [3.8, 4) is 0 Å². The molecule has 0 saturated carbocycles. The fourth-order valence-electron chi connectivity index (χ4n) is 1.99. The van der Waals surface area contributed by atoms with Crippen molar-refractivity contribution in [2.75, 3.05) is 13.7 Å². The Kier molecular flexibility index (Phi) is 6.80. The van der Waals surface area contributed by atoms with Gasteiger partial charge in [0.2, 0.25) is 0 Å². The summed E-state index contributed by atoms with van der Waals surface area (Å²) in [5, 5.41) is 14.4. The van der Waals surface area contributed by atoms with Gasteiger partial charge in [-0.1, -0.05) is 37.6 Å². The van der Waals surface area contributed by atoms with Gasteiger partial charge in [-0.2, -0.15) is 0 Å². The van der Waals surface area contributed by atoms with Gasteiger partial charge < -0.3 is 15.2 Å². The predicted octanol–water partition coefficient (Wildman–Crippen LogP) is 3.02. The molecule has 1 aromatic rings. The quantitative estimate of drug-likeness (QED) is 0.809. The first kappa shape index (κ1) is 16.4. The largest absolute Gasteiger partial charge is 0.387 e. The fraction of sp³-hybridized carbons (Fsp3) is 0.600. The molecular weight excluding hydrogens is 262 g/mol. The molecule has 3 atom stereocenters. The first-order valence-corrected chi connectivity index (χ1v) is 7.02. The maximum Gasteiger partial charge on any atom is 0.0940 e. The van der Waals surface area contributed by atoms with Crippen molar-refractivity contribution in [3.63, 3.8) is 0 Å². The number of ether oxygens (including phenoxy) is 1. The fourth-order valence-corrected chi connectivity index (χ4v) is 2.12. The third-order valence-electron chi connectivity index (χ3n) is 3.31. The first-order valence-electron chi connectivity index (χ1n) is 6.64. The molecular formula is C15H24ClNO2. The third kappa shape index (κ3) is 5.11. The Morgan fingerprint density at radius 3 is 2.26 bits per heavy atom. The predicted molar refractivity (Wildman–Crippen MR) is 79.5 cm³/mol. The van der Waals surface area contributed by atoms with E-state index in [4.69, 9.17) is 16.3 Å². The first-order chi connectivity index (χ1) is 8.95. The lowest BCUT2D eigenvalue weighted by Crippen LogP contribution is -2.45. The molecule has 0 saturated heterocycles. The van der Waals surface area contributed by atoms with Crippen LogP contribution in [0.1, 0.15) is 32.4 Å². The van der Waals surface area contributed by atoms with Gasteiger partial charge in [0.1, 0.15) is 0 Å². The van der Waals surface area contributed by atoms with Gasteiger partial charge in [-0.15, -0.1) is 0 Å². The molecule has 3 unspecified atom stereocenters. The molecule has 1 aromatic carbocycles. The van der Waals surface area contributed by atoms with E-state index in [1.54, 1.807) is 19.2 Å². The van der Waals surface area contributed by atoms with Crippen molar-refractivity contribution in [1.82, 2.24) is 5.32 Å². The lowest BCUT2D eigenvalue weighted by Gasteiger charge is -2.28. The van der Waals surface area contributed by atoms with E-state index in [0.717, 1.165) is 5.56 Å². The normalized spacial score (nSPS) is 16.4. The number of hydrogen-bond acceptors (Lipinski definition) is 3. The smallest absolute Gasteiger partial charge is 0.0940 e. The van der Waals surface area contributed by atoms with Gasteiger partial charge in [0.15, 0.2) is 0 Å². The zero-order valence-electron chi connectivity index (χ0n) is 12.1. The molecule has 0 aromatic heterocycles. The summed E-state index contributed by atoms with van der Waals surface area (Å²) in [7, 11) is 1.69. The molecule has 0 amide bonds. The van der Waals surface area contributed by atoms with Crippen LogP contribution in [0.15, 0.2) is 24.3 Å². The Morgan fingerprint density at radius 1 is 1.21 bits per heavy atom. The second kappa shape index (κ2) is 7.85. The molecule has 4 heteroatoms. The summed E-state index contributed by atoms with van der Waals surface area (Å²) in [6, 6.07) is 7.47. The van der Waals surface area contributed by atoms with Crippen LogP contribution in [-0.2, 0) is 4.74 Å². The monoisotopic (exact) mass is 285 g/mol. The highest BCUT2D eigenvalue weighted by Gasteiger charge is 2.21. The number of methoxy groups -OCH3 is 1. The molecule has 2 N–H and O–H groups in total. The van der Waals surface area contributed by atoms with Gasteiger partial charge in [-0.05, 0) is 30.5 Å². The lowest BCUT2D eigenvalue weighted by molar-refractivity contribution is 0.0967. The van der Waals surface area contributed by atoms with Crippen LogP contribution in [0.2, 0.25) is 5.02 Å². The van der Waals surface area contributed by atoms with Crippen molar-refractivity contribution >= 4 is 11.6 Å². The lowest BCUT2D eigenvalue weighted by atomic mass is 9.99. The standard InChI is InChI=1S/C15H24ClNO2/c1-10(2)14(9-19-4)17-11(3)15(18)12-5-7-13(16)8-6-12/h5-8,10-11,14-15,17-18H,9H2,1-4H3. The van der Waals surface area contributed by atoms with Crippen LogP contribution < -0.4 is 5.32 Å². The molecule has 19 heavy (non-hydrogen) atoms. The van der Waals surface area contributed by atoms with Crippen LogP contribution in [-0.4, -0.2) is 30.9 Å². The Bertz CT molecular complexity index is 367. The second-order valence-corrected chi connectivity index (χ2v) is 5.69. The van der Waals surface area contributed by atoms with E-state index in [9.17, 15) is 5.11 Å². The van der Waals surface area contributed by atoms with Gasteiger partial charge in [-0.3, -0.25) is 0 Å². The number of hydrogen-bond donors (Lipinski definition) is 2. The molecule has 3 nitrogen and oxygen atoms in total. The highest BCUT2D eigenvalue weighted by Crippen LogP contribution is 2.20. The average Bonchev–Trinajstić information content (AvgIpc) is 2.38. The van der Waals surface area contributed by atoms with Crippen LogP contribution in [0.5, 0.6) is 0 Å². The molecule has 0 aliphatic carbocycles. The SMILES string of the molecule is COCC(NC(C)C(O)c1ccc(Cl)cc1)C(C)C. The van der Waals surface area contributed by atoms with E-state index in [-0.39, 0.29) is 12.1 Å². The van der Waals surface area contributed by atoms with Crippen molar-refractivity contribution in [2.24, 2.45) is 5.92 Å². The molecule has 0 bridgehead atoms. The Morgan fingerprint density at radius 2 is 1.79 bits per heavy atom. The van der Waals surface area contributed by atoms with Crippen LogP contribution in [0.3, 0.4) is 0 Å². The molecule has 1 rings (SSSR count). The summed E-state index contributed by atoms with van der Waals surface area (Å²) in [6.07, 6.45) is -0.560. The molecule has 0 aliphatic heterocycles. The zero-order valence-corrected chi connectivity index (χ0v) is 12.8. The van der Waals surface area contributed by atoms with Crippen LogP contribution in [0.4, 0.5) is 0 Å². The van der Waals surface area contributed by atoms with Gasteiger partial charge in [0, 0.05) is 24.2 Å². The number of aliphatic hydroxyl groups is 1. The summed E-state index contributed by atoms with van der Waals surface area (Å²) >= 11 is 5.85. The van der Waals surface area contributed by atoms with Crippen LogP contribution in [0.25, 0.3) is 0 Å². The average molecular weight is 286 g/mol. The molecule has 0 heterocycles. The van der Waals surface area contributed by atoms with Crippen LogP contribution >= 0.6 is 11.6 Å². The number of rotatable bonds is 7. The van der Waals surface area contributed by atoms with Crippen LogP contribution in [0, 0.1) is 5.92 Å². The van der Waals surface area contributed by atoms with E-state index in [1.807, 2.05) is 19.1 Å². The van der Waals surface area contributed by atoms with Gasteiger partial charge in [0.25, 0.3) is 0 Å². The summed E-state index contributed by atoms with van der Waals surface area (Å²) < 4.78 is 5.21. The number of nitrogens with one attached hydrogen (secondary N) is 1. The summed E-state index contributed by atoms with van der Waals surface area (Å²) in [5.74, 6) is 0.444. The maximum atomic E-state index is 10.3. The minimum atomic E-state index is -0.560. The van der Waals surface area contributed by atoms with Crippen molar-refractivity contribution in [1.29, 1.82) is 0 Å². The van der Waals surface area contributed by atoms with Gasteiger partial charge in [-0.25, -0.2) is 0 Å². The topological polar surface area (TPSA) is 41.5 Å². The van der Waals surface area contributed by atoms with Gasteiger partial charge in [0.05, 0.1) is 12.7 Å². The van der Waals surface area contributed by atoms with E-state index >= 15 is 0 Å². The van der Waals surface area contributed by atoms with Crippen molar-refractivity contribution < 1.29 is 9.84 Å². The van der Waals surface area contributed by atoms with E-state index in [0.29, 0.717) is 17.5 Å².